The minimum atomic E-state index is -3.60. The van der Waals surface area contributed by atoms with Gasteiger partial charge in [-0.1, -0.05) is 13.8 Å². The third-order valence-corrected chi connectivity index (χ3v) is 6.25. The summed E-state index contributed by atoms with van der Waals surface area (Å²) < 4.78 is 25.1. The summed E-state index contributed by atoms with van der Waals surface area (Å²) in [5.41, 5.74) is 0. The number of carbonyl (C=O) groups is 3. The van der Waals surface area contributed by atoms with Gasteiger partial charge in [0.15, 0.2) is 0 Å². The van der Waals surface area contributed by atoms with Crippen molar-refractivity contribution in [2.24, 2.45) is 17.8 Å². The maximum absolute atomic E-state index is 12.6. The van der Waals surface area contributed by atoms with Crippen molar-refractivity contribution in [3.63, 3.8) is 0 Å². The zero-order valence-corrected chi connectivity index (χ0v) is 16.3. The molecule has 9 nitrogen and oxygen atoms in total. The van der Waals surface area contributed by atoms with Crippen LogP contribution >= 0.6 is 0 Å². The van der Waals surface area contributed by atoms with Crippen molar-refractivity contribution >= 4 is 27.8 Å². The molecule has 3 aliphatic rings. The summed E-state index contributed by atoms with van der Waals surface area (Å²) in [6, 6.07) is -0.706. The molecule has 3 fully saturated rings. The van der Waals surface area contributed by atoms with Gasteiger partial charge in [-0.2, -0.15) is 0 Å². The van der Waals surface area contributed by atoms with E-state index in [1.165, 1.54) is 0 Å². The first kappa shape index (κ1) is 20.6. The highest BCUT2D eigenvalue weighted by Gasteiger charge is 2.58. The molecule has 0 aliphatic carbocycles. The van der Waals surface area contributed by atoms with Crippen molar-refractivity contribution in [3.05, 3.63) is 0 Å². The number of sulfonamides is 1. The van der Waals surface area contributed by atoms with Crippen LogP contribution in [0.15, 0.2) is 0 Å². The Morgan fingerprint density at radius 2 is 1.81 bits per heavy atom. The van der Waals surface area contributed by atoms with E-state index in [9.17, 15) is 18.0 Å². The van der Waals surface area contributed by atoms with Gasteiger partial charge in [0, 0.05) is 26.6 Å². The zero-order chi connectivity index (χ0) is 19.8. The highest BCUT2D eigenvalue weighted by atomic mass is 32.2. The van der Waals surface area contributed by atoms with Crippen molar-refractivity contribution in [1.82, 2.24) is 14.5 Å². The van der Waals surface area contributed by atoms with E-state index in [0.29, 0.717) is 26.1 Å². The summed E-state index contributed by atoms with van der Waals surface area (Å²) in [6.45, 7) is 6.79. The maximum Gasteiger partial charge on any atom is 0.300 e. The number of nitrogens with zero attached hydrogens (tertiary/aromatic N) is 2. The highest BCUT2D eigenvalue weighted by Crippen LogP contribution is 2.41. The molecule has 0 aromatic rings. The highest BCUT2D eigenvalue weighted by molar-refractivity contribution is 7.88. The second-order valence-electron chi connectivity index (χ2n) is 7.42. The smallest absolute Gasteiger partial charge is 0.300 e. The number of carboxylic acids is 1. The van der Waals surface area contributed by atoms with Gasteiger partial charge in [0.2, 0.25) is 21.8 Å². The van der Waals surface area contributed by atoms with E-state index in [1.54, 1.807) is 4.90 Å². The summed E-state index contributed by atoms with van der Waals surface area (Å²) in [5, 5.41) is 10.5. The summed E-state index contributed by atoms with van der Waals surface area (Å²) in [6.07, 6.45) is 1.61. The predicted molar refractivity (Wildman–Crippen MR) is 93.6 cm³/mol. The Labute approximate surface area is 153 Å². The quantitative estimate of drug-likeness (QED) is 0.657. The fourth-order valence-electron chi connectivity index (χ4n) is 3.99. The molecule has 3 atom stereocenters. The lowest BCUT2D eigenvalue weighted by Crippen LogP contribution is -2.55. The predicted octanol–water partition coefficient (Wildman–Crippen LogP) is -0.660. The summed E-state index contributed by atoms with van der Waals surface area (Å²) in [4.78, 5) is 36.0. The Hall–Kier alpha value is -1.68. The monoisotopic (exact) mass is 389 g/mol. The van der Waals surface area contributed by atoms with Crippen LogP contribution in [0.3, 0.4) is 0 Å². The van der Waals surface area contributed by atoms with Crippen LogP contribution in [0.25, 0.3) is 0 Å². The van der Waals surface area contributed by atoms with Crippen molar-refractivity contribution in [2.75, 3.05) is 25.9 Å². The average Bonchev–Trinajstić information content (AvgIpc) is 2.90. The Balaban J connectivity index is 0.000000552. The summed E-state index contributed by atoms with van der Waals surface area (Å²) >= 11 is 0. The van der Waals surface area contributed by atoms with Crippen LogP contribution in [0.5, 0.6) is 0 Å². The molecule has 0 aromatic heterocycles. The first-order valence-corrected chi connectivity index (χ1v) is 10.6. The molecular weight excluding hydrogens is 362 g/mol. The number of carbonyl (C=O) groups excluding carboxylic acids is 2. The van der Waals surface area contributed by atoms with E-state index in [1.807, 2.05) is 13.8 Å². The van der Waals surface area contributed by atoms with E-state index in [4.69, 9.17) is 9.90 Å². The van der Waals surface area contributed by atoms with Crippen LogP contribution < -0.4 is 5.32 Å². The van der Waals surface area contributed by atoms with Gasteiger partial charge in [0.05, 0.1) is 30.2 Å². The number of amides is 2. The Morgan fingerprint density at radius 1 is 1.27 bits per heavy atom. The van der Waals surface area contributed by atoms with Crippen molar-refractivity contribution in [1.29, 1.82) is 0 Å². The number of hydrogen-bond donors (Lipinski definition) is 2. The third-order valence-electron chi connectivity index (χ3n) is 5.08. The number of rotatable bonds is 3. The number of hydrogen-bond acceptors (Lipinski definition) is 6. The molecule has 0 bridgehead atoms. The molecule has 0 unspecified atom stereocenters. The van der Waals surface area contributed by atoms with E-state index in [2.05, 4.69) is 5.32 Å². The average molecular weight is 389 g/mol. The molecule has 0 saturated carbocycles. The molecule has 3 aliphatic heterocycles. The van der Waals surface area contributed by atoms with Gasteiger partial charge in [-0.25, -0.2) is 12.7 Å². The van der Waals surface area contributed by atoms with E-state index < -0.39 is 28.0 Å². The van der Waals surface area contributed by atoms with Crippen molar-refractivity contribution in [3.8, 4) is 0 Å². The third kappa shape index (κ3) is 3.85. The van der Waals surface area contributed by atoms with Crippen molar-refractivity contribution in [2.45, 2.75) is 39.3 Å². The van der Waals surface area contributed by atoms with Crippen LogP contribution in [0.2, 0.25) is 0 Å². The van der Waals surface area contributed by atoms with Crippen LogP contribution in [0, 0.1) is 17.8 Å². The molecule has 10 heteroatoms. The molecule has 2 N–H and O–H groups in total. The first-order chi connectivity index (χ1) is 12.0. The van der Waals surface area contributed by atoms with Crippen LogP contribution in [-0.4, -0.2) is 78.5 Å². The molecule has 26 heavy (non-hydrogen) atoms. The number of fused-ring (bicyclic) bond motifs is 1. The fraction of sp³-hybridized carbons (Fsp3) is 0.812. The molecular formula is C16H27N3O6S. The molecule has 0 radical (unpaired) electrons. The number of carboxylic acid groups (broad SMARTS) is 1. The Bertz CT molecular complexity index is 684. The lowest BCUT2D eigenvalue weighted by atomic mass is 9.87. The fourth-order valence-corrected chi connectivity index (χ4v) is 5.16. The van der Waals surface area contributed by atoms with Gasteiger partial charge in [-0.05, 0) is 12.3 Å². The second kappa shape index (κ2) is 7.51. The molecule has 3 rings (SSSR count). The maximum atomic E-state index is 12.6. The van der Waals surface area contributed by atoms with Crippen LogP contribution in [0.4, 0.5) is 0 Å². The van der Waals surface area contributed by atoms with Crippen LogP contribution in [-0.2, 0) is 24.4 Å². The zero-order valence-electron chi connectivity index (χ0n) is 15.5. The molecule has 0 spiro atoms. The Kier molecular flexibility index (Phi) is 5.96. The van der Waals surface area contributed by atoms with E-state index in [-0.39, 0.29) is 29.7 Å². The van der Waals surface area contributed by atoms with Gasteiger partial charge in [0.25, 0.3) is 5.97 Å². The van der Waals surface area contributed by atoms with E-state index >= 15 is 0 Å². The molecule has 3 saturated heterocycles. The SMILES string of the molecule is CC(=O)O.CC(C)[C@@H]1C(=O)N(S(C)(=O)=O)[C@@H]2CCN(C(=O)C3CNC3)[C@H]21. The lowest BCUT2D eigenvalue weighted by Gasteiger charge is -2.35. The topological polar surface area (TPSA) is 124 Å². The van der Waals surface area contributed by atoms with Gasteiger partial charge in [-0.3, -0.25) is 14.4 Å². The van der Waals surface area contributed by atoms with Gasteiger partial charge in [-0.15, -0.1) is 0 Å². The van der Waals surface area contributed by atoms with E-state index in [0.717, 1.165) is 17.5 Å². The molecule has 0 aromatic carbocycles. The number of nitrogens with one attached hydrogen (secondary N) is 1. The molecule has 2 amide bonds. The number of aliphatic carboxylic acids is 1. The summed E-state index contributed by atoms with van der Waals surface area (Å²) in [5.74, 6) is -1.59. The standard InChI is InChI=1S/C14H23N3O4S.C2H4O2/c1-8(2)11-12-10(17(14(11)19)22(3,20)21)4-5-16(12)13(18)9-6-15-7-9;1-2(3)4/h8-12,15H,4-7H2,1-3H3;1H3,(H,3,4)/t10-,11+,12-;/m1./s1. The summed E-state index contributed by atoms with van der Waals surface area (Å²) in [7, 11) is -3.60. The molecule has 3 heterocycles. The van der Waals surface area contributed by atoms with Gasteiger partial charge >= 0.3 is 0 Å². The first-order valence-electron chi connectivity index (χ1n) is 8.70. The van der Waals surface area contributed by atoms with Gasteiger partial charge in [0.1, 0.15) is 0 Å². The lowest BCUT2D eigenvalue weighted by molar-refractivity contribution is -0.140. The second-order valence-corrected chi connectivity index (χ2v) is 9.28. The largest absolute Gasteiger partial charge is 0.481 e. The van der Waals surface area contributed by atoms with Gasteiger partial charge < -0.3 is 15.3 Å². The normalized spacial score (nSPS) is 28.5. The molecule has 148 valence electrons. The minimum Gasteiger partial charge on any atom is -0.481 e. The number of likely N-dealkylation sites (tertiary alicyclic amines) is 1. The Morgan fingerprint density at radius 3 is 2.19 bits per heavy atom. The van der Waals surface area contributed by atoms with Crippen molar-refractivity contribution < 1.29 is 27.9 Å². The minimum absolute atomic E-state index is 0.000310. The van der Waals surface area contributed by atoms with Crippen LogP contribution in [0.1, 0.15) is 27.2 Å².